The summed E-state index contributed by atoms with van der Waals surface area (Å²) < 4.78 is 20.3. The maximum Gasteiger partial charge on any atom is 0.274 e. The van der Waals surface area contributed by atoms with Gasteiger partial charge in [-0.1, -0.05) is 24.3 Å². The smallest absolute Gasteiger partial charge is 0.274 e. The van der Waals surface area contributed by atoms with Gasteiger partial charge in [0.05, 0.1) is 31.2 Å². The topological polar surface area (TPSA) is 92.4 Å². The van der Waals surface area contributed by atoms with Crippen molar-refractivity contribution in [1.29, 1.82) is 0 Å². The molecule has 9 heteroatoms. The van der Waals surface area contributed by atoms with Crippen molar-refractivity contribution in [3.05, 3.63) is 72.7 Å². The summed E-state index contributed by atoms with van der Waals surface area (Å²) in [6.07, 6.45) is 3.20. The van der Waals surface area contributed by atoms with Crippen LogP contribution in [0.1, 0.15) is 10.5 Å². The molecule has 1 atom stereocenters. The second-order valence-electron chi connectivity index (χ2n) is 7.67. The Morgan fingerprint density at radius 2 is 2.03 bits per heavy atom. The van der Waals surface area contributed by atoms with Gasteiger partial charge in [0.15, 0.2) is 17.6 Å². The highest BCUT2D eigenvalue weighted by Crippen LogP contribution is 2.31. The number of fused-ring (bicyclic) bond motifs is 1. The molecule has 3 heterocycles. The zero-order valence-corrected chi connectivity index (χ0v) is 18.3. The van der Waals surface area contributed by atoms with Crippen LogP contribution in [0.25, 0.3) is 11.3 Å². The Morgan fingerprint density at radius 3 is 2.88 bits per heavy atom. The van der Waals surface area contributed by atoms with Gasteiger partial charge in [0, 0.05) is 18.8 Å². The lowest BCUT2D eigenvalue weighted by Crippen LogP contribution is -2.33. The van der Waals surface area contributed by atoms with Gasteiger partial charge in [-0.15, -0.1) is 0 Å². The molecule has 0 fully saturated rings. The lowest BCUT2D eigenvalue weighted by Gasteiger charge is -2.26. The molecular weight excluding hydrogens is 422 g/mol. The van der Waals surface area contributed by atoms with Crippen LogP contribution in [0.4, 0.5) is 5.69 Å². The van der Waals surface area contributed by atoms with E-state index in [1.807, 2.05) is 48.5 Å². The minimum atomic E-state index is -0.273. The largest absolute Gasteiger partial charge is 0.497 e. The number of carbonyl (C=O) groups is 1. The van der Waals surface area contributed by atoms with Crippen LogP contribution in [0.15, 0.2) is 67.0 Å². The third-order valence-electron chi connectivity index (χ3n) is 5.33. The van der Waals surface area contributed by atoms with Crippen molar-refractivity contribution < 1.29 is 19.0 Å². The number of para-hydroxylation sites is 2. The highest BCUT2D eigenvalue weighted by atomic mass is 16.6. The second kappa shape index (κ2) is 8.70. The van der Waals surface area contributed by atoms with Gasteiger partial charge in [0.25, 0.3) is 5.91 Å². The fraction of sp³-hybridized carbons (Fsp3) is 0.208. The van der Waals surface area contributed by atoms with Crippen molar-refractivity contribution in [2.45, 2.75) is 12.6 Å². The SMILES string of the molecule is COc1cccc(-c2cc(C(=O)Nc3cnn(CC4COc5ccccc5O4)c3)n(C)n2)c1. The molecule has 0 radical (unpaired) electrons. The molecule has 1 aliphatic heterocycles. The molecule has 9 nitrogen and oxygen atoms in total. The molecule has 0 aliphatic carbocycles. The first-order chi connectivity index (χ1) is 16.1. The molecule has 1 unspecified atom stereocenters. The summed E-state index contributed by atoms with van der Waals surface area (Å²) in [5.41, 5.74) is 2.57. The maximum atomic E-state index is 12.9. The van der Waals surface area contributed by atoms with E-state index in [2.05, 4.69) is 15.5 Å². The van der Waals surface area contributed by atoms with E-state index in [4.69, 9.17) is 14.2 Å². The van der Waals surface area contributed by atoms with Gasteiger partial charge in [0.2, 0.25) is 0 Å². The Balaban J connectivity index is 1.24. The molecule has 2 aromatic carbocycles. The van der Waals surface area contributed by atoms with Gasteiger partial charge in [-0.25, -0.2) is 0 Å². The van der Waals surface area contributed by atoms with Crippen LogP contribution >= 0.6 is 0 Å². The maximum absolute atomic E-state index is 12.9. The van der Waals surface area contributed by atoms with Gasteiger partial charge >= 0.3 is 0 Å². The molecule has 33 heavy (non-hydrogen) atoms. The van der Waals surface area contributed by atoms with Gasteiger partial charge in [-0.2, -0.15) is 10.2 Å². The fourth-order valence-corrected chi connectivity index (χ4v) is 3.69. The molecule has 0 saturated carbocycles. The summed E-state index contributed by atoms with van der Waals surface area (Å²) >= 11 is 0. The molecule has 2 aromatic heterocycles. The van der Waals surface area contributed by atoms with Crippen LogP contribution in [-0.4, -0.2) is 45.3 Å². The molecule has 5 rings (SSSR count). The first-order valence-corrected chi connectivity index (χ1v) is 10.5. The number of aromatic nitrogens is 4. The monoisotopic (exact) mass is 445 g/mol. The third kappa shape index (κ3) is 4.38. The standard InChI is InChI=1S/C24H23N5O4/c1-28-21(11-20(27-28)16-6-5-7-18(10-16)31-2)24(30)26-17-12-25-29(13-17)14-19-15-32-22-8-3-4-9-23(22)33-19/h3-13,19H,14-15H2,1-2H3,(H,26,30). The zero-order chi connectivity index (χ0) is 22.8. The summed E-state index contributed by atoms with van der Waals surface area (Å²) in [5, 5.41) is 11.7. The summed E-state index contributed by atoms with van der Waals surface area (Å²) in [5.74, 6) is 1.92. The van der Waals surface area contributed by atoms with Crippen molar-refractivity contribution in [3.8, 4) is 28.5 Å². The molecule has 0 spiro atoms. The van der Waals surface area contributed by atoms with Crippen molar-refractivity contribution >= 4 is 11.6 Å². The Labute approximate surface area is 190 Å². The number of nitrogens with one attached hydrogen (secondary N) is 1. The van der Waals surface area contributed by atoms with E-state index in [-0.39, 0.29) is 12.0 Å². The average Bonchev–Trinajstić information content (AvgIpc) is 3.45. The van der Waals surface area contributed by atoms with Crippen LogP contribution in [0, 0.1) is 0 Å². The Morgan fingerprint density at radius 1 is 1.18 bits per heavy atom. The summed E-state index contributed by atoms with van der Waals surface area (Å²) in [6, 6.07) is 16.9. The lowest BCUT2D eigenvalue weighted by molar-refractivity contribution is 0.0759. The van der Waals surface area contributed by atoms with E-state index >= 15 is 0 Å². The number of rotatable bonds is 6. The molecular formula is C24H23N5O4. The van der Waals surface area contributed by atoms with Crippen LogP contribution in [0.3, 0.4) is 0 Å². The van der Waals surface area contributed by atoms with E-state index in [1.54, 1.807) is 42.0 Å². The number of methoxy groups -OCH3 is 1. The van der Waals surface area contributed by atoms with E-state index < -0.39 is 0 Å². The predicted octanol–water partition coefficient (Wildman–Crippen LogP) is 3.38. The Hall–Kier alpha value is -4.27. The van der Waals surface area contributed by atoms with Crippen LogP contribution in [0.2, 0.25) is 0 Å². The van der Waals surface area contributed by atoms with E-state index in [0.29, 0.717) is 30.2 Å². The van der Waals surface area contributed by atoms with E-state index in [1.165, 1.54) is 0 Å². The predicted molar refractivity (Wildman–Crippen MR) is 122 cm³/mol. The molecule has 0 saturated heterocycles. The van der Waals surface area contributed by atoms with Gasteiger partial charge < -0.3 is 19.5 Å². The molecule has 1 N–H and O–H groups in total. The van der Waals surface area contributed by atoms with Crippen LogP contribution in [0.5, 0.6) is 17.2 Å². The van der Waals surface area contributed by atoms with Crippen molar-refractivity contribution in [3.63, 3.8) is 0 Å². The first kappa shape index (κ1) is 20.6. The molecule has 168 valence electrons. The lowest BCUT2D eigenvalue weighted by atomic mass is 10.1. The van der Waals surface area contributed by atoms with Gasteiger partial charge in [0.1, 0.15) is 18.1 Å². The fourth-order valence-electron chi connectivity index (χ4n) is 3.69. The third-order valence-corrected chi connectivity index (χ3v) is 5.33. The number of hydrogen-bond donors (Lipinski definition) is 1. The minimum Gasteiger partial charge on any atom is -0.497 e. The van der Waals surface area contributed by atoms with Gasteiger partial charge in [-0.3, -0.25) is 14.2 Å². The minimum absolute atomic E-state index is 0.175. The first-order valence-electron chi connectivity index (χ1n) is 10.5. The van der Waals surface area contributed by atoms with Crippen molar-refractivity contribution in [1.82, 2.24) is 19.6 Å². The van der Waals surface area contributed by atoms with E-state index in [9.17, 15) is 4.79 Å². The quantitative estimate of drug-likeness (QED) is 0.489. The number of nitrogens with zero attached hydrogens (tertiary/aromatic N) is 4. The number of aryl methyl sites for hydroxylation is 1. The number of amides is 1. The van der Waals surface area contributed by atoms with Crippen LogP contribution in [-0.2, 0) is 13.6 Å². The summed E-state index contributed by atoms with van der Waals surface area (Å²) in [7, 11) is 3.35. The molecule has 0 bridgehead atoms. The van der Waals surface area contributed by atoms with Gasteiger partial charge in [-0.05, 0) is 30.3 Å². The second-order valence-corrected chi connectivity index (χ2v) is 7.67. The number of ether oxygens (including phenoxy) is 3. The molecule has 1 amide bonds. The average molecular weight is 445 g/mol. The zero-order valence-electron chi connectivity index (χ0n) is 18.3. The summed E-state index contributed by atoms with van der Waals surface area (Å²) in [4.78, 5) is 12.9. The van der Waals surface area contributed by atoms with E-state index in [0.717, 1.165) is 22.8 Å². The van der Waals surface area contributed by atoms with Crippen molar-refractivity contribution in [2.24, 2.45) is 7.05 Å². The number of anilines is 1. The highest BCUT2D eigenvalue weighted by Gasteiger charge is 2.22. The number of benzene rings is 2. The molecule has 4 aromatic rings. The van der Waals surface area contributed by atoms with Crippen molar-refractivity contribution in [2.75, 3.05) is 19.0 Å². The highest BCUT2D eigenvalue weighted by molar-refractivity contribution is 6.03. The number of hydrogen-bond acceptors (Lipinski definition) is 6. The molecule has 1 aliphatic rings. The Kier molecular flexibility index (Phi) is 5.43. The normalized spacial score (nSPS) is 14.7. The van der Waals surface area contributed by atoms with Crippen LogP contribution < -0.4 is 19.5 Å². The number of carbonyl (C=O) groups excluding carboxylic acids is 1. The Bertz CT molecular complexity index is 1300. The summed E-state index contributed by atoms with van der Waals surface area (Å²) in [6.45, 7) is 0.927.